The topological polar surface area (TPSA) is 50.4 Å². The summed E-state index contributed by atoms with van der Waals surface area (Å²) in [7, 11) is 1.34. The van der Waals surface area contributed by atoms with Crippen LogP contribution in [0.5, 0.6) is 0 Å². The van der Waals surface area contributed by atoms with Gasteiger partial charge in [0.25, 0.3) is 0 Å². The van der Waals surface area contributed by atoms with Gasteiger partial charge in [-0.05, 0) is 17.3 Å². The summed E-state index contributed by atoms with van der Waals surface area (Å²) in [5, 5.41) is 5.87. The Bertz CT molecular complexity index is 644. The number of amides is 1. The van der Waals surface area contributed by atoms with E-state index in [-0.39, 0.29) is 5.92 Å². The number of rotatable bonds is 7. The minimum atomic E-state index is -0.510. The number of benzene rings is 2. The largest absolute Gasteiger partial charge is 0.453 e. The van der Waals surface area contributed by atoms with Crippen LogP contribution in [-0.2, 0) is 4.74 Å². The Kier molecular flexibility index (Phi) is 6.20. The number of hydrogen-bond donors (Lipinski definition) is 2. The summed E-state index contributed by atoms with van der Waals surface area (Å²) in [5.41, 5.74) is 2.77. The SMILES string of the molecule is C=CNC(=C)[C@@H](NC(=O)OC)C(c1ccccc1)c1ccccc1. The van der Waals surface area contributed by atoms with Crippen LogP contribution in [0.1, 0.15) is 17.0 Å². The Morgan fingerprint density at radius 1 is 1.04 bits per heavy atom. The van der Waals surface area contributed by atoms with Crippen LogP contribution in [0.3, 0.4) is 0 Å². The molecular weight excluding hydrogens is 300 g/mol. The molecule has 1 atom stereocenters. The first-order valence-electron chi connectivity index (χ1n) is 7.68. The van der Waals surface area contributed by atoms with Crippen LogP contribution < -0.4 is 10.6 Å². The third kappa shape index (κ3) is 4.26. The van der Waals surface area contributed by atoms with E-state index in [4.69, 9.17) is 4.74 Å². The van der Waals surface area contributed by atoms with Crippen molar-refractivity contribution < 1.29 is 9.53 Å². The lowest BCUT2D eigenvalue weighted by atomic mass is 9.83. The van der Waals surface area contributed by atoms with E-state index in [2.05, 4.69) is 23.8 Å². The van der Waals surface area contributed by atoms with Crippen molar-refractivity contribution in [2.75, 3.05) is 7.11 Å². The number of carbonyl (C=O) groups excluding carboxylic acids is 1. The fraction of sp³-hybridized carbons (Fsp3) is 0.150. The zero-order valence-corrected chi connectivity index (χ0v) is 13.7. The predicted octanol–water partition coefficient (Wildman–Crippen LogP) is 3.79. The number of carbonyl (C=O) groups is 1. The minimum Gasteiger partial charge on any atom is -0.453 e. The van der Waals surface area contributed by atoms with E-state index in [0.717, 1.165) is 11.1 Å². The number of alkyl carbamates (subject to hydrolysis) is 1. The van der Waals surface area contributed by atoms with Gasteiger partial charge < -0.3 is 15.4 Å². The van der Waals surface area contributed by atoms with Crippen LogP contribution in [0.2, 0.25) is 0 Å². The highest BCUT2D eigenvalue weighted by atomic mass is 16.5. The standard InChI is InChI=1S/C20H22N2O2/c1-4-21-15(2)19(22-20(23)24-3)18(16-11-7-5-8-12-16)17-13-9-6-10-14-17/h4-14,18-19,21H,1-2H2,3H3,(H,22,23)/t19-/m1/s1. The van der Waals surface area contributed by atoms with Gasteiger partial charge in [0.1, 0.15) is 0 Å². The highest BCUT2D eigenvalue weighted by molar-refractivity contribution is 5.68. The van der Waals surface area contributed by atoms with Crippen LogP contribution in [0.15, 0.2) is 85.7 Å². The van der Waals surface area contributed by atoms with Crippen molar-refractivity contribution in [3.63, 3.8) is 0 Å². The number of hydrogen-bond acceptors (Lipinski definition) is 3. The Labute approximate surface area is 142 Å². The van der Waals surface area contributed by atoms with E-state index in [0.29, 0.717) is 5.70 Å². The maximum absolute atomic E-state index is 11.9. The summed E-state index contributed by atoms with van der Waals surface area (Å²) in [5.74, 6) is -0.119. The summed E-state index contributed by atoms with van der Waals surface area (Å²) in [6.07, 6.45) is 1.03. The zero-order valence-electron chi connectivity index (χ0n) is 13.7. The van der Waals surface area contributed by atoms with Gasteiger partial charge in [-0.15, -0.1) is 0 Å². The lowest BCUT2D eigenvalue weighted by Gasteiger charge is -2.30. The van der Waals surface area contributed by atoms with Gasteiger partial charge in [-0.3, -0.25) is 0 Å². The van der Waals surface area contributed by atoms with Gasteiger partial charge in [-0.25, -0.2) is 4.79 Å². The molecule has 0 radical (unpaired) electrons. The molecule has 2 aromatic carbocycles. The van der Waals surface area contributed by atoms with Gasteiger partial charge in [-0.2, -0.15) is 0 Å². The second-order valence-electron chi connectivity index (χ2n) is 5.29. The molecule has 0 bridgehead atoms. The first-order chi connectivity index (χ1) is 11.7. The first-order valence-corrected chi connectivity index (χ1v) is 7.68. The lowest BCUT2D eigenvalue weighted by Crippen LogP contribution is -2.43. The lowest BCUT2D eigenvalue weighted by molar-refractivity contribution is 0.167. The van der Waals surface area contributed by atoms with Crippen molar-refractivity contribution in [3.8, 4) is 0 Å². The molecule has 0 aliphatic rings. The van der Waals surface area contributed by atoms with Crippen molar-refractivity contribution in [2.24, 2.45) is 0 Å². The molecule has 0 unspecified atom stereocenters. The van der Waals surface area contributed by atoms with E-state index in [1.54, 1.807) is 6.20 Å². The smallest absolute Gasteiger partial charge is 0.407 e. The van der Waals surface area contributed by atoms with Crippen molar-refractivity contribution in [1.82, 2.24) is 10.6 Å². The quantitative estimate of drug-likeness (QED) is 0.815. The summed E-state index contributed by atoms with van der Waals surface area (Å²) in [4.78, 5) is 11.9. The molecule has 0 heterocycles. The monoisotopic (exact) mass is 322 g/mol. The van der Waals surface area contributed by atoms with E-state index in [1.807, 2.05) is 60.7 Å². The summed E-state index contributed by atoms with van der Waals surface area (Å²) < 4.78 is 4.79. The van der Waals surface area contributed by atoms with E-state index >= 15 is 0 Å². The van der Waals surface area contributed by atoms with Gasteiger partial charge in [0, 0.05) is 11.6 Å². The summed E-state index contributed by atoms with van der Waals surface area (Å²) in [6.45, 7) is 7.72. The maximum Gasteiger partial charge on any atom is 0.407 e. The Balaban J connectivity index is 2.49. The molecule has 24 heavy (non-hydrogen) atoms. The Hall–Kier alpha value is -3.01. The first kappa shape index (κ1) is 17.3. The fourth-order valence-electron chi connectivity index (χ4n) is 2.68. The molecular formula is C20H22N2O2. The van der Waals surface area contributed by atoms with Crippen molar-refractivity contribution >= 4 is 6.09 Å². The second kappa shape index (κ2) is 8.58. The van der Waals surface area contributed by atoms with Crippen molar-refractivity contribution in [1.29, 1.82) is 0 Å². The molecule has 4 nitrogen and oxygen atoms in total. The van der Waals surface area contributed by atoms with Gasteiger partial charge in [0.05, 0.1) is 13.2 Å². The normalized spacial score (nSPS) is 11.4. The average molecular weight is 322 g/mol. The minimum absolute atomic E-state index is 0.119. The van der Waals surface area contributed by atoms with Gasteiger partial charge in [-0.1, -0.05) is 73.8 Å². The maximum atomic E-state index is 11.9. The van der Waals surface area contributed by atoms with Crippen LogP contribution >= 0.6 is 0 Å². The van der Waals surface area contributed by atoms with Crippen LogP contribution in [-0.4, -0.2) is 19.2 Å². The van der Waals surface area contributed by atoms with Gasteiger partial charge in [0.2, 0.25) is 0 Å². The second-order valence-corrected chi connectivity index (χ2v) is 5.29. The van der Waals surface area contributed by atoms with Crippen LogP contribution in [0.4, 0.5) is 4.79 Å². The van der Waals surface area contributed by atoms with Crippen LogP contribution in [0, 0.1) is 0 Å². The zero-order chi connectivity index (χ0) is 17.4. The molecule has 0 aromatic heterocycles. The molecule has 1 amide bonds. The fourth-order valence-corrected chi connectivity index (χ4v) is 2.68. The predicted molar refractivity (Wildman–Crippen MR) is 96.5 cm³/mol. The third-order valence-corrected chi connectivity index (χ3v) is 3.77. The molecule has 0 fully saturated rings. The van der Waals surface area contributed by atoms with Crippen LogP contribution in [0.25, 0.3) is 0 Å². The van der Waals surface area contributed by atoms with E-state index in [1.165, 1.54) is 7.11 Å². The highest BCUT2D eigenvalue weighted by Crippen LogP contribution is 2.30. The molecule has 0 saturated heterocycles. The molecule has 124 valence electrons. The van der Waals surface area contributed by atoms with Crippen molar-refractivity contribution in [2.45, 2.75) is 12.0 Å². The molecule has 2 rings (SSSR count). The van der Waals surface area contributed by atoms with Gasteiger partial charge >= 0.3 is 6.09 Å². The van der Waals surface area contributed by atoms with E-state index < -0.39 is 12.1 Å². The molecule has 0 saturated carbocycles. The summed E-state index contributed by atoms with van der Waals surface area (Å²) in [6, 6.07) is 19.6. The molecule has 2 aromatic rings. The average Bonchev–Trinajstić information content (AvgIpc) is 2.63. The van der Waals surface area contributed by atoms with E-state index in [9.17, 15) is 4.79 Å². The third-order valence-electron chi connectivity index (χ3n) is 3.77. The molecule has 0 aliphatic heterocycles. The Morgan fingerprint density at radius 2 is 1.54 bits per heavy atom. The number of ether oxygens (including phenoxy) is 1. The summed E-state index contributed by atoms with van der Waals surface area (Å²) >= 11 is 0. The molecule has 2 N–H and O–H groups in total. The number of nitrogens with one attached hydrogen (secondary N) is 2. The number of methoxy groups -OCH3 is 1. The molecule has 4 heteroatoms. The molecule has 0 aliphatic carbocycles. The van der Waals surface area contributed by atoms with Crippen molar-refractivity contribution in [3.05, 3.63) is 96.8 Å². The Morgan fingerprint density at radius 3 is 1.96 bits per heavy atom. The highest BCUT2D eigenvalue weighted by Gasteiger charge is 2.28. The molecule has 0 spiro atoms. The van der Waals surface area contributed by atoms with Gasteiger partial charge in [0.15, 0.2) is 0 Å².